The molecule has 0 aromatic carbocycles. The number of hydrogen-bond acceptors (Lipinski definition) is 5. The van der Waals surface area contributed by atoms with E-state index in [1.165, 1.54) is 0 Å². The third kappa shape index (κ3) is 66.9. The van der Waals surface area contributed by atoms with Crippen molar-refractivity contribution in [3.05, 3.63) is 0 Å². The minimum Gasteiger partial charge on any atom is -0.480 e. The molecule has 0 unspecified atom stereocenters. The second-order valence-electron chi connectivity index (χ2n) is 3.39. The Kier molecular flexibility index (Phi) is 17.4. The van der Waals surface area contributed by atoms with Crippen molar-refractivity contribution in [2.45, 2.75) is 19.9 Å². The predicted octanol–water partition coefficient (Wildman–Crippen LogP) is -1.02. The standard InChI is InChI=1S/C3H8NO5P.C3H9N.C2H7N/c5-3(6)1-4-2-10(7,8)9;1-3(2)4;1-3-2/h4H,1-2H2,(H,5,6)(H2,7,8,9);3H,4H2,1-2H3;3H,1-2H3. The largest absolute Gasteiger partial charge is 0.480 e. The number of carboxylic acid groups (broad SMARTS) is 1. The van der Waals surface area contributed by atoms with Crippen molar-refractivity contribution < 1.29 is 24.3 Å². The van der Waals surface area contributed by atoms with Crippen LogP contribution < -0.4 is 16.4 Å². The third-order valence-corrected chi connectivity index (χ3v) is 1.23. The van der Waals surface area contributed by atoms with E-state index < -0.39 is 26.4 Å². The molecule has 0 heterocycles. The van der Waals surface area contributed by atoms with Crippen molar-refractivity contribution in [3.63, 3.8) is 0 Å². The van der Waals surface area contributed by atoms with Gasteiger partial charge in [-0.2, -0.15) is 0 Å². The van der Waals surface area contributed by atoms with Crippen LogP contribution in [0.5, 0.6) is 0 Å². The zero-order valence-corrected chi connectivity index (χ0v) is 11.6. The van der Waals surface area contributed by atoms with Gasteiger partial charge in [0.25, 0.3) is 0 Å². The SMILES string of the molecule is CC(C)N.CNC.O=C(O)CNCP(=O)(O)O. The van der Waals surface area contributed by atoms with E-state index in [0.29, 0.717) is 6.04 Å². The Bertz CT molecular complexity index is 216. The maximum atomic E-state index is 10.1. The summed E-state index contributed by atoms with van der Waals surface area (Å²) in [6, 6.07) is 0.333. The Morgan fingerprint density at radius 3 is 1.82 bits per heavy atom. The second kappa shape index (κ2) is 13.6. The Labute approximate surface area is 102 Å². The van der Waals surface area contributed by atoms with Crippen LogP contribution >= 0.6 is 7.60 Å². The van der Waals surface area contributed by atoms with Crippen molar-refractivity contribution in [2.75, 3.05) is 26.9 Å². The van der Waals surface area contributed by atoms with Crippen molar-refractivity contribution in [1.29, 1.82) is 0 Å². The summed E-state index contributed by atoms with van der Waals surface area (Å²) < 4.78 is 10.1. The summed E-state index contributed by atoms with van der Waals surface area (Å²) in [5, 5.41) is 12.8. The topological polar surface area (TPSA) is 145 Å². The number of hydrogen-bond donors (Lipinski definition) is 6. The van der Waals surface area contributed by atoms with Gasteiger partial charge in [-0.15, -0.1) is 0 Å². The molecule has 0 aromatic rings. The third-order valence-electron chi connectivity index (χ3n) is 0.594. The molecule has 0 aliphatic rings. The molecule has 0 fully saturated rings. The van der Waals surface area contributed by atoms with E-state index in [1.54, 1.807) is 0 Å². The maximum absolute atomic E-state index is 10.1. The lowest BCUT2D eigenvalue weighted by molar-refractivity contribution is -0.135. The summed E-state index contributed by atoms with van der Waals surface area (Å²) in [5.41, 5.74) is 5.11. The summed E-state index contributed by atoms with van der Waals surface area (Å²) in [5.74, 6) is -1.14. The average molecular weight is 273 g/mol. The van der Waals surface area contributed by atoms with Crippen molar-refractivity contribution in [3.8, 4) is 0 Å². The van der Waals surface area contributed by atoms with E-state index in [9.17, 15) is 9.36 Å². The fraction of sp³-hybridized carbons (Fsp3) is 0.875. The molecule has 0 rings (SSSR count). The van der Waals surface area contributed by atoms with Gasteiger partial charge in [0.1, 0.15) is 0 Å². The Balaban J connectivity index is -0.000000232. The molecule has 0 radical (unpaired) electrons. The predicted molar refractivity (Wildman–Crippen MR) is 66.9 cm³/mol. The molecule has 0 saturated heterocycles. The van der Waals surface area contributed by atoms with Crippen LogP contribution in [-0.2, 0) is 9.36 Å². The molecule has 0 spiro atoms. The van der Waals surface area contributed by atoms with Gasteiger partial charge in [0.2, 0.25) is 0 Å². The Hall–Kier alpha value is -0.500. The average Bonchev–Trinajstić information content (AvgIpc) is 2.00. The molecule has 0 saturated carbocycles. The summed E-state index contributed by atoms with van der Waals surface area (Å²) >= 11 is 0. The van der Waals surface area contributed by atoms with Gasteiger partial charge in [0, 0.05) is 0 Å². The highest BCUT2D eigenvalue weighted by Gasteiger charge is 2.11. The van der Waals surface area contributed by atoms with Gasteiger partial charge >= 0.3 is 13.6 Å². The minimum atomic E-state index is -4.10. The molecule has 0 aliphatic heterocycles. The molecule has 106 valence electrons. The zero-order chi connectivity index (χ0) is 14.5. The van der Waals surface area contributed by atoms with Gasteiger partial charge < -0.3 is 25.9 Å². The first-order valence-corrected chi connectivity index (χ1v) is 6.67. The molecule has 0 aromatic heterocycles. The van der Waals surface area contributed by atoms with E-state index in [0.717, 1.165) is 0 Å². The van der Waals surface area contributed by atoms with Crippen LogP contribution in [0.1, 0.15) is 13.8 Å². The molecule has 9 heteroatoms. The smallest absolute Gasteiger partial charge is 0.339 e. The van der Waals surface area contributed by atoms with Crippen LogP contribution in [0.4, 0.5) is 0 Å². The fourth-order valence-corrected chi connectivity index (χ4v) is 0.712. The van der Waals surface area contributed by atoms with Crippen LogP contribution in [0.3, 0.4) is 0 Å². The summed E-state index contributed by atoms with van der Waals surface area (Å²) in [7, 11) is -0.346. The van der Waals surface area contributed by atoms with Gasteiger partial charge in [-0.05, 0) is 20.1 Å². The van der Waals surface area contributed by atoms with E-state index >= 15 is 0 Å². The highest BCUT2D eigenvalue weighted by atomic mass is 31.2. The quantitative estimate of drug-likeness (QED) is 0.357. The molecule has 0 amide bonds. The number of nitrogens with two attached hydrogens (primary N) is 1. The number of nitrogens with one attached hydrogen (secondary N) is 2. The molecule has 7 N–H and O–H groups in total. The monoisotopic (exact) mass is 273 g/mol. The Morgan fingerprint density at radius 2 is 1.65 bits per heavy atom. The molecular formula is C8H24N3O5P. The Morgan fingerprint density at radius 1 is 1.35 bits per heavy atom. The molecular weight excluding hydrogens is 249 g/mol. The van der Waals surface area contributed by atoms with Gasteiger partial charge in [0.15, 0.2) is 0 Å². The summed E-state index contributed by atoms with van der Waals surface area (Å²) in [6.45, 7) is 3.45. The van der Waals surface area contributed by atoms with Crippen molar-refractivity contribution in [2.24, 2.45) is 5.73 Å². The van der Waals surface area contributed by atoms with Gasteiger partial charge in [0.05, 0.1) is 12.8 Å². The fourth-order valence-electron chi connectivity index (χ4n) is 0.308. The summed E-state index contributed by atoms with van der Waals surface area (Å²) in [6.07, 6.45) is -0.598. The highest BCUT2D eigenvalue weighted by molar-refractivity contribution is 7.51. The van der Waals surface area contributed by atoms with Crippen LogP contribution in [0, 0.1) is 0 Å². The minimum absolute atomic E-state index is 0.333. The van der Waals surface area contributed by atoms with Crippen LogP contribution in [-0.4, -0.2) is 53.8 Å². The first-order valence-electron chi connectivity index (χ1n) is 4.88. The molecule has 0 atom stereocenters. The lowest BCUT2D eigenvalue weighted by Crippen LogP contribution is -2.23. The molecule has 0 bridgehead atoms. The van der Waals surface area contributed by atoms with Gasteiger partial charge in [-0.3, -0.25) is 14.7 Å². The van der Waals surface area contributed by atoms with Crippen molar-refractivity contribution >= 4 is 13.6 Å². The number of carboxylic acids is 1. The van der Waals surface area contributed by atoms with Gasteiger partial charge in [-0.25, -0.2) is 0 Å². The van der Waals surface area contributed by atoms with Crippen molar-refractivity contribution in [1.82, 2.24) is 10.6 Å². The van der Waals surface area contributed by atoms with E-state index in [4.69, 9.17) is 20.6 Å². The van der Waals surface area contributed by atoms with Crippen LogP contribution in [0.2, 0.25) is 0 Å². The first-order chi connectivity index (χ1) is 7.56. The highest BCUT2D eigenvalue weighted by Crippen LogP contribution is 2.31. The number of aliphatic carboxylic acids is 1. The number of rotatable bonds is 4. The van der Waals surface area contributed by atoms with E-state index in [-0.39, 0.29) is 0 Å². The number of carbonyl (C=O) groups is 1. The van der Waals surface area contributed by atoms with E-state index in [1.807, 2.05) is 27.9 Å². The zero-order valence-electron chi connectivity index (χ0n) is 10.7. The first kappa shape index (κ1) is 21.8. The normalized spacial score (nSPS) is 9.88. The van der Waals surface area contributed by atoms with Crippen LogP contribution in [0.25, 0.3) is 0 Å². The second-order valence-corrected chi connectivity index (χ2v) is 5.03. The van der Waals surface area contributed by atoms with E-state index in [2.05, 4.69) is 10.6 Å². The lowest BCUT2D eigenvalue weighted by Gasteiger charge is -2.02. The molecule has 0 aliphatic carbocycles. The van der Waals surface area contributed by atoms with Crippen LogP contribution in [0.15, 0.2) is 0 Å². The maximum Gasteiger partial charge on any atom is 0.339 e. The van der Waals surface area contributed by atoms with Gasteiger partial charge in [-0.1, -0.05) is 13.8 Å². The molecule has 8 nitrogen and oxygen atoms in total. The summed E-state index contributed by atoms with van der Waals surface area (Å²) in [4.78, 5) is 26.1. The molecule has 17 heavy (non-hydrogen) atoms. The lowest BCUT2D eigenvalue weighted by atomic mass is 10.5.